The van der Waals surface area contributed by atoms with Gasteiger partial charge in [-0.15, -0.1) is 5.10 Å². The molecule has 0 radical (unpaired) electrons. The van der Waals surface area contributed by atoms with E-state index in [0.29, 0.717) is 5.69 Å². The second-order valence-corrected chi connectivity index (χ2v) is 3.57. The van der Waals surface area contributed by atoms with Gasteiger partial charge in [0, 0.05) is 18.9 Å². The molecule has 0 fully saturated rings. The Balaban J connectivity index is 2.27. The van der Waals surface area contributed by atoms with Crippen LogP contribution in [-0.2, 0) is 6.54 Å². The Hall–Kier alpha value is -1.75. The normalized spacial score (nSPS) is 12.6. The number of pyridine rings is 1. The molecule has 1 atom stereocenters. The topological polar surface area (TPSA) is 63.8 Å². The first-order valence-corrected chi connectivity index (χ1v) is 5.29. The largest absolute Gasteiger partial charge is 0.382 e. The van der Waals surface area contributed by atoms with Crippen molar-refractivity contribution in [1.29, 1.82) is 0 Å². The molecule has 1 unspecified atom stereocenters. The van der Waals surface area contributed by atoms with Crippen molar-refractivity contribution in [2.75, 3.05) is 0 Å². The summed E-state index contributed by atoms with van der Waals surface area (Å²) in [5, 5.41) is 17.9. The second-order valence-electron chi connectivity index (χ2n) is 3.57. The summed E-state index contributed by atoms with van der Waals surface area (Å²) in [6, 6.07) is 3.57. The standard InChI is InChI=1S/C11H14N4O/c1-2-7-15-10(8-13-14-15)11(16)9-3-5-12-6-4-9/h3-6,8,11,16H,2,7H2,1H3. The number of rotatable bonds is 4. The monoisotopic (exact) mass is 218 g/mol. The molecule has 1 N–H and O–H groups in total. The Labute approximate surface area is 93.8 Å². The Kier molecular flexibility index (Phi) is 3.26. The molecule has 0 aromatic carbocycles. The van der Waals surface area contributed by atoms with Crippen LogP contribution in [-0.4, -0.2) is 25.1 Å². The average molecular weight is 218 g/mol. The third-order valence-electron chi connectivity index (χ3n) is 2.39. The zero-order chi connectivity index (χ0) is 11.4. The van der Waals surface area contributed by atoms with Crippen molar-refractivity contribution in [2.45, 2.75) is 26.0 Å². The van der Waals surface area contributed by atoms with Crippen molar-refractivity contribution in [3.63, 3.8) is 0 Å². The first kappa shape index (κ1) is 10.8. The van der Waals surface area contributed by atoms with Gasteiger partial charge in [-0.1, -0.05) is 12.1 Å². The minimum Gasteiger partial charge on any atom is -0.382 e. The molecule has 0 aliphatic carbocycles. The van der Waals surface area contributed by atoms with Gasteiger partial charge in [-0.05, 0) is 24.1 Å². The van der Waals surface area contributed by atoms with Crippen LogP contribution in [0.1, 0.15) is 30.7 Å². The van der Waals surface area contributed by atoms with Crippen molar-refractivity contribution < 1.29 is 5.11 Å². The van der Waals surface area contributed by atoms with Gasteiger partial charge in [0.2, 0.25) is 0 Å². The highest BCUT2D eigenvalue weighted by atomic mass is 16.3. The fraction of sp³-hybridized carbons (Fsp3) is 0.364. The molecule has 2 heterocycles. The van der Waals surface area contributed by atoms with Gasteiger partial charge in [-0.2, -0.15) is 0 Å². The molecule has 0 saturated heterocycles. The molecule has 2 aromatic rings. The second kappa shape index (κ2) is 4.85. The molecule has 0 aliphatic rings. The van der Waals surface area contributed by atoms with Crippen LogP contribution in [0.25, 0.3) is 0 Å². The first-order chi connectivity index (χ1) is 7.83. The fourth-order valence-corrected chi connectivity index (χ4v) is 1.58. The molecule has 84 valence electrons. The predicted octanol–water partition coefficient (Wildman–Crippen LogP) is 1.16. The number of aryl methyl sites for hydroxylation is 1. The quantitative estimate of drug-likeness (QED) is 0.836. The van der Waals surface area contributed by atoms with E-state index in [2.05, 4.69) is 22.2 Å². The maximum atomic E-state index is 10.2. The van der Waals surface area contributed by atoms with Gasteiger partial charge in [0.1, 0.15) is 6.10 Å². The summed E-state index contributed by atoms with van der Waals surface area (Å²) in [5.74, 6) is 0. The summed E-state index contributed by atoms with van der Waals surface area (Å²) in [6.45, 7) is 2.82. The van der Waals surface area contributed by atoms with Gasteiger partial charge >= 0.3 is 0 Å². The van der Waals surface area contributed by atoms with E-state index < -0.39 is 6.10 Å². The zero-order valence-electron chi connectivity index (χ0n) is 9.11. The number of aromatic nitrogens is 4. The summed E-state index contributed by atoms with van der Waals surface area (Å²) >= 11 is 0. The van der Waals surface area contributed by atoms with Crippen LogP contribution in [0.5, 0.6) is 0 Å². The number of nitrogens with zero attached hydrogens (tertiary/aromatic N) is 4. The SMILES string of the molecule is CCCn1nncc1C(O)c1ccncc1. The van der Waals surface area contributed by atoms with E-state index in [4.69, 9.17) is 0 Å². The molecule has 0 spiro atoms. The van der Waals surface area contributed by atoms with Crippen LogP contribution in [0.2, 0.25) is 0 Å². The van der Waals surface area contributed by atoms with E-state index in [-0.39, 0.29) is 0 Å². The molecule has 2 rings (SSSR count). The lowest BCUT2D eigenvalue weighted by atomic mass is 10.1. The summed E-state index contributed by atoms with van der Waals surface area (Å²) < 4.78 is 1.73. The average Bonchev–Trinajstić information content (AvgIpc) is 2.78. The number of hydrogen-bond acceptors (Lipinski definition) is 4. The van der Waals surface area contributed by atoms with Gasteiger partial charge in [0.25, 0.3) is 0 Å². The summed E-state index contributed by atoms with van der Waals surface area (Å²) in [5.41, 5.74) is 1.52. The van der Waals surface area contributed by atoms with Crippen molar-refractivity contribution in [2.24, 2.45) is 0 Å². The van der Waals surface area contributed by atoms with Crippen LogP contribution in [0, 0.1) is 0 Å². The lowest BCUT2D eigenvalue weighted by molar-refractivity contribution is 0.207. The molecule has 5 nitrogen and oxygen atoms in total. The number of hydrogen-bond donors (Lipinski definition) is 1. The third-order valence-corrected chi connectivity index (χ3v) is 2.39. The molecule has 0 saturated carbocycles. The van der Waals surface area contributed by atoms with Gasteiger partial charge in [0.05, 0.1) is 11.9 Å². The molecule has 16 heavy (non-hydrogen) atoms. The van der Waals surface area contributed by atoms with Crippen LogP contribution in [0.3, 0.4) is 0 Å². The molecule has 0 bridgehead atoms. The highest BCUT2D eigenvalue weighted by Gasteiger charge is 2.15. The Morgan fingerprint density at radius 2 is 2.12 bits per heavy atom. The third kappa shape index (κ3) is 2.09. The molecular weight excluding hydrogens is 204 g/mol. The maximum Gasteiger partial charge on any atom is 0.122 e. The highest BCUT2D eigenvalue weighted by molar-refractivity contribution is 5.21. The maximum absolute atomic E-state index is 10.2. The van der Waals surface area contributed by atoms with Gasteiger partial charge in [-0.25, -0.2) is 4.68 Å². The highest BCUT2D eigenvalue weighted by Crippen LogP contribution is 2.19. The van der Waals surface area contributed by atoms with E-state index in [1.807, 2.05) is 0 Å². The molecule has 5 heteroatoms. The van der Waals surface area contributed by atoms with E-state index in [1.165, 1.54) is 0 Å². The zero-order valence-corrected chi connectivity index (χ0v) is 9.11. The van der Waals surface area contributed by atoms with Crippen molar-refractivity contribution in [3.05, 3.63) is 42.0 Å². The van der Waals surface area contributed by atoms with Crippen LogP contribution in [0.15, 0.2) is 30.7 Å². The van der Waals surface area contributed by atoms with Crippen molar-refractivity contribution >= 4 is 0 Å². The van der Waals surface area contributed by atoms with E-state index >= 15 is 0 Å². The lowest BCUT2D eigenvalue weighted by Crippen LogP contribution is -2.10. The Morgan fingerprint density at radius 3 is 2.81 bits per heavy atom. The Bertz CT molecular complexity index is 440. The molecule has 0 amide bonds. The van der Waals surface area contributed by atoms with E-state index in [9.17, 15) is 5.11 Å². The minimum absolute atomic E-state index is 0.690. The molecular formula is C11H14N4O. The van der Waals surface area contributed by atoms with Gasteiger partial charge in [-0.3, -0.25) is 4.98 Å². The smallest absolute Gasteiger partial charge is 0.122 e. The van der Waals surface area contributed by atoms with E-state index in [1.54, 1.807) is 35.4 Å². The summed E-state index contributed by atoms with van der Waals surface area (Å²) in [6.07, 6.45) is 5.18. The summed E-state index contributed by atoms with van der Waals surface area (Å²) in [7, 11) is 0. The fourth-order valence-electron chi connectivity index (χ4n) is 1.58. The molecule has 2 aromatic heterocycles. The van der Waals surface area contributed by atoms with Crippen molar-refractivity contribution in [1.82, 2.24) is 20.0 Å². The van der Waals surface area contributed by atoms with Gasteiger partial charge < -0.3 is 5.11 Å². The van der Waals surface area contributed by atoms with Gasteiger partial charge in [0.15, 0.2) is 0 Å². The van der Waals surface area contributed by atoms with Crippen LogP contribution < -0.4 is 0 Å². The number of aliphatic hydroxyl groups excluding tert-OH is 1. The van der Waals surface area contributed by atoms with E-state index in [0.717, 1.165) is 18.5 Å². The first-order valence-electron chi connectivity index (χ1n) is 5.29. The number of aliphatic hydroxyl groups is 1. The summed E-state index contributed by atoms with van der Waals surface area (Å²) in [4.78, 5) is 3.92. The predicted molar refractivity (Wildman–Crippen MR) is 58.6 cm³/mol. The molecule has 0 aliphatic heterocycles. The van der Waals surface area contributed by atoms with Crippen LogP contribution >= 0.6 is 0 Å². The van der Waals surface area contributed by atoms with Crippen molar-refractivity contribution in [3.8, 4) is 0 Å². The minimum atomic E-state index is -0.690. The van der Waals surface area contributed by atoms with Crippen LogP contribution in [0.4, 0.5) is 0 Å². The Morgan fingerprint density at radius 1 is 1.38 bits per heavy atom. The lowest BCUT2D eigenvalue weighted by Gasteiger charge is -2.11.